The van der Waals surface area contributed by atoms with Crippen molar-refractivity contribution >= 4 is 11.9 Å². The molecule has 4 nitrogen and oxygen atoms in total. The summed E-state index contributed by atoms with van der Waals surface area (Å²) in [5.74, 6) is 0.625. The first-order chi connectivity index (χ1) is 12.6. The first kappa shape index (κ1) is 24.9. The SMILES string of the molecule is CCOC(=O)CCCCCCCCC(=O)OC(CC)CCC(CC)CC. The third-order valence-corrected chi connectivity index (χ3v) is 5.12. The Balaban J connectivity index is 3.64. The maximum Gasteiger partial charge on any atom is 0.306 e. The van der Waals surface area contributed by atoms with E-state index in [2.05, 4.69) is 20.8 Å². The standard InChI is InChI=1S/C22H42O4/c1-5-19(6-2)17-18-20(7-3)26-22(24)16-14-12-10-9-11-13-15-21(23)25-8-4/h19-20H,5-18H2,1-4H3. The summed E-state index contributed by atoms with van der Waals surface area (Å²) in [5.41, 5.74) is 0. The predicted octanol–water partition coefficient (Wildman–Crippen LogP) is 6.21. The summed E-state index contributed by atoms with van der Waals surface area (Å²) in [7, 11) is 0. The van der Waals surface area contributed by atoms with E-state index in [1.807, 2.05) is 6.92 Å². The highest BCUT2D eigenvalue weighted by atomic mass is 16.5. The van der Waals surface area contributed by atoms with Crippen LogP contribution in [0, 0.1) is 5.92 Å². The molecule has 0 saturated carbocycles. The summed E-state index contributed by atoms with van der Waals surface area (Å²) >= 11 is 0. The van der Waals surface area contributed by atoms with Crippen LogP contribution >= 0.6 is 0 Å². The van der Waals surface area contributed by atoms with E-state index in [0.717, 1.165) is 63.7 Å². The minimum absolute atomic E-state index is 0.0382. The molecule has 1 unspecified atom stereocenters. The molecule has 154 valence electrons. The van der Waals surface area contributed by atoms with E-state index in [-0.39, 0.29) is 18.0 Å². The van der Waals surface area contributed by atoms with Gasteiger partial charge in [-0.25, -0.2) is 0 Å². The van der Waals surface area contributed by atoms with Gasteiger partial charge in [0, 0.05) is 12.8 Å². The lowest BCUT2D eigenvalue weighted by molar-refractivity contribution is -0.150. The van der Waals surface area contributed by atoms with Crippen LogP contribution in [-0.2, 0) is 19.1 Å². The number of carbonyl (C=O) groups excluding carboxylic acids is 2. The summed E-state index contributed by atoms with van der Waals surface area (Å²) in [4.78, 5) is 23.2. The third-order valence-electron chi connectivity index (χ3n) is 5.12. The van der Waals surface area contributed by atoms with E-state index >= 15 is 0 Å². The molecule has 0 aliphatic rings. The molecule has 0 radical (unpaired) electrons. The van der Waals surface area contributed by atoms with Crippen molar-refractivity contribution in [2.75, 3.05) is 6.61 Å². The molecule has 4 heteroatoms. The molecule has 0 aromatic heterocycles. The van der Waals surface area contributed by atoms with Gasteiger partial charge in [-0.15, -0.1) is 0 Å². The first-order valence-corrected chi connectivity index (χ1v) is 10.9. The zero-order chi connectivity index (χ0) is 19.6. The molecular weight excluding hydrogens is 328 g/mol. The van der Waals surface area contributed by atoms with E-state index < -0.39 is 0 Å². The highest BCUT2D eigenvalue weighted by Crippen LogP contribution is 2.19. The zero-order valence-electron chi connectivity index (χ0n) is 17.7. The van der Waals surface area contributed by atoms with Crippen molar-refractivity contribution in [1.82, 2.24) is 0 Å². The van der Waals surface area contributed by atoms with Crippen LogP contribution in [0.4, 0.5) is 0 Å². The summed E-state index contributed by atoms with van der Waals surface area (Å²) in [6.07, 6.45) is 12.8. The predicted molar refractivity (Wildman–Crippen MR) is 107 cm³/mol. The number of unbranched alkanes of at least 4 members (excludes halogenated alkanes) is 5. The molecule has 0 saturated heterocycles. The number of carbonyl (C=O) groups is 2. The third kappa shape index (κ3) is 14.1. The van der Waals surface area contributed by atoms with Gasteiger partial charge in [-0.05, 0) is 44.9 Å². The van der Waals surface area contributed by atoms with Gasteiger partial charge in [-0.2, -0.15) is 0 Å². The molecule has 0 aliphatic carbocycles. The monoisotopic (exact) mass is 370 g/mol. The quantitative estimate of drug-likeness (QED) is 0.226. The van der Waals surface area contributed by atoms with Crippen molar-refractivity contribution in [3.05, 3.63) is 0 Å². The number of ether oxygens (including phenoxy) is 2. The normalized spacial score (nSPS) is 12.2. The number of esters is 2. The second-order valence-electron chi connectivity index (χ2n) is 7.21. The Kier molecular flexibility index (Phi) is 16.7. The molecule has 0 bridgehead atoms. The smallest absolute Gasteiger partial charge is 0.306 e. The number of hydrogen-bond acceptors (Lipinski definition) is 4. The fourth-order valence-electron chi connectivity index (χ4n) is 3.19. The minimum atomic E-state index is -0.0927. The second kappa shape index (κ2) is 17.4. The molecule has 0 fully saturated rings. The first-order valence-electron chi connectivity index (χ1n) is 10.9. The maximum absolute atomic E-state index is 12.0. The van der Waals surface area contributed by atoms with Crippen LogP contribution in [0.1, 0.15) is 111 Å². The Morgan fingerprint density at radius 2 is 1.23 bits per heavy atom. The molecule has 26 heavy (non-hydrogen) atoms. The van der Waals surface area contributed by atoms with Crippen molar-refractivity contribution in [2.24, 2.45) is 5.92 Å². The fourth-order valence-corrected chi connectivity index (χ4v) is 3.19. The lowest BCUT2D eigenvalue weighted by atomic mass is 9.95. The van der Waals surface area contributed by atoms with Gasteiger partial charge in [-0.3, -0.25) is 9.59 Å². The Labute approximate surface area is 161 Å². The van der Waals surface area contributed by atoms with Gasteiger partial charge in [-0.1, -0.05) is 59.3 Å². The topological polar surface area (TPSA) is 52.6 Å². The van der Waals surface area contributed by atoms with Crippen LogP contribution in [0.3, 0.4) is 0 Å². The van der Waals surface area contributed by atoms with Crippen molar-refractivity contribution in [2.45, 2.75) is 117 Å². The molecule has 0 aromatic rings. The average molecular weight is 371 g/mol. The summed E-state index contributed by atoms with van der Waals surface area (Å²) in [6.45, 7) is 8.86. The number of rotatable bonds is 17. The van der Waals surface area contributed by atoms with Crippen LogP contribution in [-0.4, -0.2) is 24.6 Å². The van der Waals surface area contributed by atoms with E-state index in [1.165, 1.54) is 12.8 Å². The summed E-state index contributed by atoms with van der Waals surface area (Å²) in [5, 5.41) is 0. The Morgan fingerprint density at radius 3 is 1.73 bits per heavy atom. The van der Waals surface area contributed by atoms with E-state index in [9.17, 15) is 9.59 Å². The molecular formula is C22H42O4. The molecule has 0 amide bonds. The number of hydrogen-bond donors (Lipinski definition) is 0. The van der Waals surface area contributed by atoms with Gasteiger partial charge < -0.3 is 9.47 Å². The largest absolute Gasteiger partial charge is 0.466 e. The van der Waals surface area contributed by atoms with Crippen LogP contribution in [0.25, 0.3) is 0 Å². The summed E-state index contributed by atoms with van der Waals surface area (Å²) < 4.78 is 10.6. The van der Waals surface area contributed by atoms with E-state index in [1.54, 1.807) is 0 Å². The van der Waals surface area contributed by atoms with Gasteiger partial charge >= 0.3 is 11.9 Å². The van der Waals surface area contributed by atoms with Crippen LogP contribution < -0.4 is 0 Å². The lowest BCUT2D eigenvalue weighted by Crippen LogP contribution is -2.18. The molecule has 0 spiro atoms. The van der Waals surface area contributed by atoms with Crippen LogP contribution in [0.15, 0.2) is 0 Å². The van der Waals surface area contributed by atoms with Crippen LogP contribution in [0.2, 0.25) is 0 Å². The highest BCUT2D eigenvalue weighted by Gasteiger charge is 2.14. The molecule has 0 aliphatic heterocycles. The fraction of sp³-hybridized carbons (Fsp3) is 0.909. The Hall–Kier alpha value is -1.06. The van der Waals surface area contributed by atoms with Gasteiger partial charge in [0.15, 0.2) is 0 Å². The zero-order valence-corrected chi connectivity index (χ0v) is 17.7. The van der Waals surface area contributed by atoms with Gasteiger partial charge in [0.1, 0.15) is 6.10 Å². The van der Waals surface area contributed by atoms with Gasteiger partial charge in [0.25, 0.3) is 0 Å². The van der Waals surface area contributed by atoms with Crippen molar-refractivity contribution in [1.29, 1.82) is 0 Å². The highest BCUT2D eigenvalue weighted by molar-refractivity contribution is 5.69. The molecule has 0 heterocycles. The lowest BCUT2D eigenvalue weighted by Gasteiger charge is -2.19. The van der Waals surface area contributed by atoms with E-state index in [4.69, 9.17) is 9.47 Å². The molecule has 0 aromatic carbocycles. The van der Waals surface area contributed by atoms with Crippen molar-refractivity contribution in [3.8, 4) is 0 Å². The van der Waals surface area contributed by atoms with Gasteiger partial charge in [0.05, 0.1) is 6.61 Å². The molecule has 1 atom stereocenters. The Bertz CT molecular complexity index is 350. The second-order valence-corrected chi connectivity index (χ2v) is 7.21. The maximum atomic E-state index is 12.0. The molecule has 0 rings (SSSR count). The Morgan fingerprint density at radius 1 is 0.692 bits per heavy atom. The van der Waals surface area contributed by atoms with Crippen molar-refractivity contribution < 1.29 is 19.1 Å². The van der Waals surface area contributed by atoms with Gasteiger partial charge in [0.2, 0.25) is 0 Å². The van der Waals surface area contributed by atoms with Crippen LogP contribution in [0.5, 0.6) is 0 Å². The summed E-state index contributed by atoms with van der Waals surface area (Å²) in [6, 6.07) is 0. The average Bonchev–Trinajstić information content (AvgIpc) is 2.63. The molecule has 0 N–H and O–H groups in total. The van der Waals surface area contributed by atoms with E-state index in [0.29, 0.717) is 19.4 Å². The minimum Gasteiger partial charge on any atom is -0.466 e. The van der Waals surface area contributed by atoms with Crippen molar-refractivity contribution in [3.63, 3.8) is 0 Å².